The Kier molecular flexibility index (Phi) is 7.09. The molecule has 0 aliphatic rings. The summed E-state index contributed by atoms with van der Waals surface area (Å²) in [6, 6.07) is 8.04. The van der Waals surface area contributed by atoms with Crippen LogP contribution in [-0.2, 0) is 25.5 Å². The first-order chi connectivity index (χ1) is 10.3. The maximum atomic E-state index is 12.1. The summed E-state index contributed by atoms with van der Waals surface area (Å²) in [4.78, 5) is 23.3. The van der Waals surface area contributed by atoms with Crippen LogP contribution in [0.1, 0.15) is 51.2 Å². The van der Waals surface area contributed by atoms with E-state index >= 15 is 0 Å². The molecule has 1 rings (SSSR count). The average Bonchev–Trinajstić information content (AvgIpc) is 2.46. The first-order valence-electron chi connectivity index (χ1n) is 7.69. The first kappa shape index (κ1) is 18.2. The average molecular weight is 306 g/mol. The minimum absolute atomic E-state index is 0.0717. The Labute approximate surface area is 132 Å². The highest BCUT2D eigenvalue weighted by atomic mass is 16.6. The molecule has 0 bridgehead atoms. The van der Waals surface area contributed by atoms with Crippen LogP contribution in [0.3, 0.4) is 0 Å². The smallest absolute Gasteiger partial charge is 0.313 e. The monoisotopic (exact) mass is 306 g/mol. The van der Waals surface area contributed by atoms with Gasteiger partial charge in [-0.1, -0.05) is 38.1 Å². The van der Waals surface area contributed by atoms with E-state index in [4.69, 9.17) is 4.74 Å². The van der Waals surface area contributed by atoms with Crippen LogP contribution in [0.15, 0.2) is 24.3 Å². The molecule has 4 nitrogen and oxygen atoms in total. The predicted molar refractivity (Wildman–Crippen MR) is 85.6 cm³/mol. The zero-order valence-electron chi connectivity index (χ0n) is 14.1. The van der Waals surface area contributed by atoms with Gasteiger partial charge in [0.1, 0.15) is 6.10 Å². The summed E-state index contributed by atoms with van der Waals surface area (Å²) in [5.74, 6) is -0.459. The quantitative estimate of drug-likeness (QED) is 0.724. The lowest BCUT2D eigenvalue weighted by Crippen LogP contribution is -2.22. The van der Waals surface area contributed by atoms with E-state index in [0.717, 1.165) is 12.0 Å². The molecule has 0 amide bonds. The van der Waals surface area contributed by atoms with Gasteiger partial charge in [-0.2, -0.15) is 0 Å². The number of carbonyl (C=O) groups excluding carboxylic acids is 2. The maximum absolute atomic E-state index is 12.1. The summed E-state index contributed by atoms with van der Waals surface area (Å²) in [5, 5.41) is 0. The van der Waals surface area contributed by atoms with Crippen molar-refractivity contribution in [3.8, 4) is 0 Å². The van der Waals surface area contributed by atoms with Gasteiger partial charge in [0.25, 0.3) is 0 Å². The molecule has 0 spiro atoms. The van der Waals surface area contributed by atoms with Crippen molar-refractivity contribution in [2.24, 2.45) is 5.92 Å². The maximum Gasteiger partial charge on any atom is 0.313 e. The predicted octanol–water partition coefficient (Wildman–Crippen LogP) is 3.48. The first-order valence-corrected chi connectivity index (χ1v) is 7.69. The van der Waals surface area contributed by atoms with E-state index in [1.807, 2.05) is 19.1 Å². The number of carbonyl (C=O) groups is 2. The van der Waals surface area contributed by atoms with E-state index < -0.39 is 6.10 Å². The Morgan fingerprint density at radius 1 is 1.05 bits per heavy atom. The van der Waals surface area contributed by atoms with Gasteiger partial charge in [-0.3, -0.25) is 9.59 Å². The molecule has 4 heteroatoms. The topological polar surface area (TPSA) is 52.6 Å². The van der Waals surface area contributed by atoms with E-state index in [2.05, 4.69) is 30.7 Å². The molecule has 0 aliphatic carbocycles. The molecule has 0 aliphatic heterocycles. The van der Waals surface area contributed by atoms with Crippen molar-refractivity contribution in [2.75, 3.05) is 7.11 Å². The van der Waals surface area contributed by atoms with Crippen LogP contribution in [0.5, 0.6) is 0 Å². The van der Waals surface area contributed by atoms with Gasteiger partial charge in [0, 0.05) is 0 Å². The largest absolute Gasteiger partial charge is 0.469 e. The van der Waals surface area contributed by atoms with Gasteiger partial charge in [0.2, 0.25) is 0 Å². The van der Waals surface area contributed by atoms with Crippen LogP contribution < -0.4 is 0 Å². The van der Waals surface area contributed by atoms with Crippen LogP contribution >= 0.6 is 0 Å². The fourth-order valence-corrected chi connectivity index (χ4v) is 2.21. The number of esters is 2. The second-order valence-electron chi connectivity index (χ2n) is 6.09. The molecule has 0 saturated heterocycles. The highest BCUT2D eigenvalue weighted by Gasteiger charge is 2.20. The summed E-state index contributed by atoms with van der Waals surface area (Å²) in [5.41, 5.74) is 2.18. The van der Waals surface area contributed by atoms with Crippen molar-refractivity contribution in [3.63, 3.8) is 0 Å². The number of hydrogen-bond acceptors (Lipinski definition) is 4. The molecule has 0 heterocycles. The highest BCUT2D eigenvalue weighted by Crippen LogP contribution is 2.20. The number of rotatable bonds is 7. The summed E-state index contributed by atoms with van der Waals surface area (Å²) >= 11 is 0. The Hall–Kier alpha value is -1.84. The molecule has 1 aromatic rings. The van der Waals surface area contributed by atoms with Crippen LogP contribution in [-0.4, -0.2) is 25.2 Å². The molecule has 0 N–H and O–H groups in total. The fraction of sp³-hybridized carbons (Fsp3) is 0.556. The van der Waals surface area contributed by atoms with E-state index in [1.165, 1.54) is 12.7 Å². The third-order valence-electron chi connectivity index (χ3n) is 3.48. The molecule has 22 heavy (non-hydrogen) atoms. The van der Waals surface area contributed by atoms with Crippen molar-refractivity contribution in [1.29, 1.82) is 0 Å². The van der Waals surface area contributed by atoms with Gasteiger partial charge >= 0.3 is 11.9 Å². The zero-order chi connectivity index (χ0) is 16.7. The third-order valence-corrected chi connectivity index (χ3v) is 3.48. The molecular formula is C18H26O4. The molecule has 0 fully saturated rings. The molecular weight excluding hydrogens is 280 g/mol. The van der Waals surface area contributed by atoms with Crippen LogP contribution in [0.2, 0.25) is 0 Å². The van der Waals surface area contributed by atoms with Crippen LogP contribution in [0, 0.1) is 5.92 Å². The molecule has 0 aromatic heterocycles. The summed E-state index contributed by atoms with van der Waals surface area (Å²) in [7, 11) is 1.32. The van der Waals surface area contributed by atoms with Crippen molar-refractivity contribution < 1.29 is 19.1 Å². The van der Waals surface area contributed by atoms with Crippen LogP contribution in [0.25, 0.3) is 0 Å². The standard InChI is InChI=1S/C18H26O4/c1-12(2)10-15-6-8-16(9-7-15)14(4)18(20)22-13(3)11-17(19)21-5/h6-9,12-14H,10-11H2,1-5H3/t13-,14+/m0/s1. The number of ether oxygens (including phenoxy) is 2. The van der Waals surface area contributed by atoms with E-state index in [9.17, 15) is 9.59 Å². The number of methoxy groups -OCH3 is 1. The second-order valence-corrected chi connectivity index (χ2v) is 6.09. The molecule has 0 radical (unpaired) electrons. The molecule has 0 unspecified atom stereocenters. The van der Waals surface area contributed by atoms with Gasteiger partial charge < -0.3 is 9.47 Å². The van der Waals surface area contributed by atoms with Gasteiger partial charge in [-0.25, -0.2) is 0 Å². The summed E-state index contributed by atoms with van der Waals surface area (Å²) in [6.45, 7) is 7.85. The SMILES string of the molecule is COC(=O)C[C@H](C)OC(=O)[C@H](C)c1ccc(CC(C)C)cc1. The van der Waals surface area contributed by atoms with E-state index in [-0.39, 0.29) is 24.3 Å². The highest BCUT2D eigenvalue weighted by molar-refractivity contribution is 5.78. The Morgan fingerprint density at radius 3 is 2.14 bits per heavy atom. The Bertz CT molecular complexity index is 490. The van der Waals surface area contributed by atoms with E-state index in [1.54, 1.807) is 6.92 Å². The number of hydrogen-bond donors (Lipinski definition) is 0. The molecule has 0 saturated carbocycles. The lowest BCUT2D eigenvalue weighted by atomic mass is 9.97. The lowest BCUT2D eigenvalue weighted by Gasteiger charge is -2.16. The van der Waals surface area contributed by atoms with Crippen LogP contribution in [0.4, 0.5) is 0 Å². The third kappa shape index (κ3) is 5.88. The molecule has 2 atom stereocenters. The molecule has 1 aromatic carbocycles. The Morgan fingerprint density at radius 2 is 1.64 bits per heavy atom. The fourth-order valence-electron chi connectivity index (χ4n) is 2.21. The van der Waals surface area contributed by atoms with Crippen molar-refractivity contribution in [1.82, 2.24) is 0 Å². The summed E-state index contributed by atoms with van der Waals surface area (Å²) in [6.07, 6.45) is 0.611. The lowest BCUT2D eigenvalue weighted by molar-refractivity contribution is -0.154. The van der Waals surface area contributed by atoms with Gasteiger partial charge in [0.05, 0.1) is 19.4 Å². The zero-order valence-corrected chi connectivity index (χ0v) is 14.1. The van der Waals surface area contributed by atoms with Gasteiger partial charge in [-0.05, 0) is 37.3 Å². The number of benzene rings is 1. The Balaban J connectivity index is 2.60. The minimum Gasteiger partial charge on any atom is -0.469 e. The molecule has 122 valence electrons. The van der Waals surface area contributed by atoms with E-state index in [0.29, 0.717) is 5.92 Å². The van der Waals surface area contributed by atoms with Gasteiger partial charge in [0.15, 0.2) is 0 Å². The normalized spacial score (nSPS) is 13.5. The van der Waals surface area contributed by atoms with Gasteiger partial charge in [-0.15, -0.1) is 0 Å². The van der Waals surface area contributed by atoms with Crippen molar-refractivity contribution >= 4 is 11.9 Å². The minimum atomic E-state index is -0.484. The summed E-state index contributed by atoms with van der Waals surface area (Å²) < 4.78 is 9.86. The van der Waals surface area contributed by atoms with Crippen molar-refractivity contribution in [2.45, 2.75) is 52.6 Å². The van der Waals surface area contributed by atoms with Crippen molar-refractivity contribution in [3.05, 3.63) is 35.4 Å². The second kappa shape index (κ2) is 8.57.